The van der Waals surface area contributed by atoms with Gasteiger partial charge in [-0.25, -0.2) is 8.42 Å². The van der Waals surface area contributed by atoms with Gasteiger partial charge in [0.25, 0.3) is 15.9 Å². The van der Waals surface area contributed by atoms with E-state index in [0.29, 0.717) is 34.1 Å². The molecule has 3 aromatic carbocycles. The topological polar surface area (TPSA) is 75.7 Å². The average Bonchev–Trinajstić information content (AvgIpc) is 3.10. The van der Waals surface area contributed by atoms with Crippen LogP contribution >= 0.6 is 11.6 Å². The van der Waals surface area contributed by atoms with Crippen LogP contribution in [-0.4, -0.2) is 27.5 Å². The van der Waals surface area contributed by atoms with E-state index in [0.717, 1.165) is 5.56 Å². The second-order valence-corrected chi connectivity index (χ2v) is 9.56. The summed E-state index contributed by atoms with van der Waals surface area (Å²) in [4.78, 5) is 13.1. The van der Waals surface area contributed by atoms with Gasteiger partial charge in [0, 0.05) is 16.6 Å². The van der Waals surface area contributed by atoms with Gasteiger partial charge >= 0.3 is 0 Å². The minimum Gasteiger partial charge on any atom is -0.495 e. The largest absolute Gasteiger partial charge is 0.495 e. The smallest absolute Gasteiger partial charge is 0.264 e. The number of sulfonamides is 1. The van der Waals surface area contributed by atoms with Gasteiger partial charge in [0.15, 0.2) is 0 Å². The second kappa shape index (κ2) is 8.24. The Labute approximate surface area is 186 Å². The molecule has 0 aliphatic carbocycles. The maximum Gasteiger partial charge on any atom is 0.264 e. The Balaban J connectivity index is 1.64. The fourth-order valence-electron chi connectivity index (χ4n) is 3.79. The highest BCUT2D eigenvalue weighted by Gasteiger charge is 2.36. The summed E-state index contributed by atoms with van der Waals surface area (Å²) in [6.07, 6.45) is 0.517. The van der Waals surface area contributed by atoms with Crippen molar-refractivity contribution in [1.29, 1.82) is 0 Å². The summed E-state index contributed by atoms with van der Waals surface area (Å²) in [5.41, 5.74) is 2.28. The third-order valence-corrected chi connectivity index (χ3v) is 7.38. The van der Waals surface area contributed by atoms with E-state index in [-0.39, 0.29) is 16.8 Å². The number of ether oxygens (including phenoxy) is 1. The van der Waals surface area contributed by atoms with E-state index in [1.165, 1.54) is 11.4 Å². The Morgan fingerprint density at radius 2 is 1.84 bits per heavy atom. The Hall–Kier alpha value is -3.03. The summed E-state index contributed by atoms with van der Waals surface area (Å²) in [5.74, 6) is 0.160. The number of amides is 1. The summed E-state index contributed by atoms with van der Waals surface area (Å²) in [6.45, 7) is 1.86. The van der Waals surface area contributed by atoms with Crippen molar-refractivity contribution in [3.05, 3.63) is 82.9 Å². The predicted octanol–water partition coefficient (Wildman–Crippen LogP) is 4.74. The molecule has 1 heterocycles. The summed E-state index contributed by atoms with van der Waals surface area (Å²) in [6, 6.07) is 18.1. The molecule has 3 aromatic rings. The summed E-state index contributed by atoms with van der Waals surface area (Å²) in [7, 11) is -2.18. The van der Waals surface area contributed by atoms with Crippen LogP contribution in [0.3, 0.4) is 0 Å². The highest BCUT2D eigenvalue weighted by Crippen LogP contribution is 2.37. The lowest BCUT2D eigenvalue weighted by Gasteiger charge is -2.24. The molecule has 1 amide bonds. The molecular weight excluding hydrogens is 436 g/mol. The Kier molecular flexibility index (Phi) is 5.64. The number of methoxy groups -OCH3 is 1. The molecule has 0 saturated heterocycles. The third kappa shape index (κ3) is 3.98. The van der Waals surface area contributed by atoms with Crippen LogP contribution in [0.2, 0.25) is 5.02 Å². The van der Waals surface area contributed by atoms with Gasteiger partial charge in [0.2, 0.25) is 0 Å². The zero-order valence-electron chi connectivity index (χ0n) is 17.0. The first-order chi connectivity index (χ1) is 14.8. The summed E-state index contributed by atoms with van der Waals surface area (Å²) in [5, 5.41) is 3.28. The summed E-state index contributed by atoms with van der Waals surface area (Å²) >= 11 is 6.04. The zero-order valence-corrected chi connectivity index (χ0v) is 18.6. The number of hydrogen-bond acceptors (Lipinski definition) is 4. The van der Waals surface area contributed by atoms with E-state index in [1.54, 1.807) is 66.7 Å². The molecule has 0 radical (unpaired) electrons. The number of fused-ring (bicyclic) bond motifs is 1. The minimum atomic E-state index is -3.70. The first-order valence-corrected chi connectivity index (χ1v) is 11.5. The Bertz CT molecular complexity index is 1250. The molecule has 0 saturated carbocycles. The van der Waals surface area contributed by atoms with Crippen molar-refractivity contribution >= 4 is 38.9 Å². The molecule has 31 heavy (non-hydrogen) atoms. The predicted molar refractivity (Wildman–Crippen MR) is 122 cm³/mol. The first-order valence-electron chi connectivity index (χ1n) is 9.68. The quantitative estimate of drug-likeness (QED) is 0.601. The monoisotopic (exact) mass is 456 g/mol. The van der Waals surface area contributed by atoms with Crippen molar-refractivity contribution in [3.63, 3.8) is 0 Å². The molecule has 4 rings (SSSR count). The maximum absolute atomic E-state index is 13.2. The van der Waals surface area contributed by atoms with Gasteiger partial charge in [-0.3, -0.25) is 9.10 Å². The van der Waals surface area contributed by atoms with Crippen LogP contribution in [0.15, 0.2) is 71.6 Å². The van der Waals surface area contributed by atoms with Crippen LogP contribution in [0.5, 0.6) is 5.75 Å². The maximum atomic E-state index is 13.2. The highest BCUT2D eigenvalue weighted by molar-refractivity contribution is 7.92. The van der Waals surface area contributed by atoms with Crippen LogP contribution in [0.1, 0.15) is 22.8 Å². The Morgan fingerprint density at radius 3 is 2.55 bits per heavy atom. The van der Waals surface area contributed by atoms with Crippen molar-refractivity contribution < 1.29 is 17.9 Å². The number of rotatable bonds is 5. The number of carbonyl (C=O) groups is 1. The SMILES string of the molecule is COc1ccc(Cl)cc1NC(=O)c1ccc2c(c1)C[C@H](C)N2S(=O)(=O)c1ccccc1. The van der Waals surface area contributed by atoms with Crippen molar-refractivity contribution in [2.45, 2.75) is 24.3 Å². The van der Waals surface area contributed by atoms with Crippen molar-refractivity contribution in [2.75, 3.05) is 16.7 Å². The standard InChI is InChI=1S/C23H21ClN2O4S/c1-15-12-17-13-16(23(27)25-20-14-18(24)9-11-22(20)30-2)8-10-21(17)26(15)31(28,29)19-6-4-3-5-7-19/h3-11,13-15H,12H2,1-2H3,(H,25,27)/t15-/m0/s1. The van der Waals surface area contributed by atoms with Gasteiger partial charge in [0.1, 0.15) is 5.75 Å². The molecule has 1 aliphatic rings. The van der Waals surface area contributed by atoms with Crippen LogP contribution in [0.4, 0.5) is 11.4 Å². The van der Waals surface area contributed by atoms with Gasteiger partial charge in [-0.2, -0.15) is 0 Å². The molecule has 1 aliphatic heterocycles. The number of benzene rings is 3. The molecule has 6 nitrogen and oxygen atoms in total. The second-order valence-electron chi connectivity index (χ2n) is 7.31. The number of nitrogens with one attached hydrogen (secondary N) is 1. The van der Waals surface area contributed by atoms with Gasteiger partial charge in [-0.05, 0) is 67.4 Å². The third-order valence-electron chi connectivity index (χ3n) is 5.20. The van der Waals surface area contributed by atoms with Crippen molar-refractivity contribution in [3.8, 4) is 5.75 Å². The highest BCUT2D eigenvalue weighted by atomic mass is 35.5. The molecule has 1 N–H and O–H groups in total. The first kappa shape index (κ1) is 21.2. The van der Waals surface area contributed by atoms with Crippen LogP contribution in [0.25, 0.3) is 0 Å². The number of nitrogens with zero attached hydrogens (tertiary/aromatic N) is 1. The number of halogens is 1. The van der Waals surface area contributed by atoms with E-state index in [1.807, 2.05) is 6.92 Å². The Morgan fingerprint density at radius 1 is 1.10 bits per heavy atom. The fourth-order valence-corrected chi connectivity index (χ4v) is 5.67. The number of hydrogen-bond donors (Lipinski definition) is 1. The molecule has 0 spiro atoms. The van der Waals surface area contributed by atoms with E-state index in [2.05, 4.69) is 5.32 Å². The van der Waals surface area contributed by atoms with Gasteiger partial charge in [0.05, 0.1) is 23.4 Å². The van der Waals surface area contributed by atoms with Gasteiger partial charge in [-0.15, -0.1) is 0 Å². The zero-order chi connectivity index (χ0) is 22.2. The molecule has 1 atom stereocenters. The minimum absolute atomic E-state index is 0.240. The average molecular weight is 457 g/mol. The van der Waals surface area contributed by atoms with E-state index >= 15 is 0 Å². The summed E-state index contributed by atoms with van der Waals surface area (Å²) < 4.78 is 33.1. The number of anilines is 2. The van der Waals surface area contributed by atoms with Gasteiger partial charge in [-0.1, -0.05) is 29.8 Å². The van der Waals surface area contributed by atoms with Crippen molar-refractivity contribution in [1.82, 2.24) is 0 Å². The number of carbonyl (C=O) groups excluding carboxylic acids is 1. The molecule has 0 bridgehead atoms. The molecule has 0 fully saturated rings. The van der Waals surface area contributed by atoms with E-state index < -0.39 is 10.0 Å². The van der Waals surface area contributed by atoms with E-state index in [9.17, 15) is 13.2 Å². The lowest BCUT2D eigenvalue weighted by atomic mass is 10.1. The van der Waals surface area contributed by atoms with Crippen molar-refractivity contribution in [2.24, 2.45) is 0 Å². The lowest BCUT2D eigenvalue weighted by Crippen LogP contribution is -2.35. The molecule has 160 valence electrons. The molecule has 8 heteroatoms. The van der Waals surface area contributed by atoms with Crippen LogP contribution in [0, 0.1) is 0 Å². The van der Waals surface area contributed by atoms with Gasteiger partial charge < -0.3 is 10.1 Å². The fraction of sp³-hybridized carbons (Fsp3) is 0.174. The lowest BCUT2D eigenvalue weighted by molar-refractivity contribution is 0.102. The molecular formula is C23H21ClN2O4S. The molecule has 0 unspecified atom stereocenters. The van der Waals surface area contributed by atoms with Crippen LogP contribution < -0.4 is 14.4 Å². The normalized spacial score (nSPS) is 15.5. The van der Waals surface area contributed by atoms with E-state index in [4.69, 9.17) is 16.3 Å². The van der Waals surface area contributed by atoms with Crippen LogP contribution in [-0.2, 0) is 16.4 Å². The molecule has 0 aromatic heterocycles.